The van der Waals surface area contributed by atoms with Gasteiger partial charge in [0.05, 0.1) is 0 Å². The Kier molecular flexibility index (Phi) is 7.50. The fourth-order valence-electron chi connectivity index (χ4n) is 1.76. The lowest BCUT2D eigenvalue weighted by molar-refractivity contribution is 0.278. The molecule has 0 amide bonds. The van der Waals surface area contributed by atoms with Gasteiger partial charge in [-0.25, -0.2) is 4.72 Å². The van der Waals surface area contributed by atoms with Crippen molar-refractivity contribution in [2.45, 2.75) is 26.2 Å². The van der Waals surface area contributed by atoms with Crippen molar-refractivity contribution in [1.82, 2.24) is 9.03 Å². The van der Waals surface area contributed by atoms with Gasteiger partial charge in [0.1, 0.15) is 0 Å². The van der Waals surface area contributed by atoms with Crippen molar-refractivity contribution >= 4 is 22.6 Å². The Hall–Kier alpha value is 0.120. The van der Waals surface area contributed by atoms with Crippen molar-refractivity contribution in [3.63, 3.8) is 0 Å². The summed E-state index contributed by atoms with van der Waals surface area (Å²) in [5.74, 6) is 0.463. The Labute approximate surface area is 104 Å². The first-order valence-corrected chi connectivity index (χ1v) is 6.95. The number of piperidine rings is 1. The number of hydrogen-bond donors (Lipinski definition) is 2. The van der Waals surface area contributed by atoms with E-state index in [-0.39, 0.29) is 12.4 Å². The van der Waals surface area contributed by atoms with E-state index in [0.717, 1.165) is 12.8 Å². The van der Waals surface area contributed by atoms with Gasteiger partial charge in [0.25, 0.3) is 10.2 Å². The van der Waals surface area contributed by atoms with Crippen molar-refractivity contribution in [1.29, 1.82) is 0 Å². The number of hydrogen-bond acceptors (Lipinski definition) is 3. The van der Waals surface area contributed by atoms with E-state index in [0.29, 0.717) is 38.5 Å². The number of halogens is 1. The van der Waals surface area contributed by atoms with E-state index >= 15 is 0 Å². The van der Waals surface area contributed by atoms with E-state index in [1.54, 1.807) is 0 Å². The summed E-state index contributed by atoms with van der Waals surface area (Å²) in [6.07, 6.45) is 2.76. The fraction of sp³-hybridized carbons (Fsp3) is 1.00. The molecule has 1 fully saturated rings. The molecule has 0 aliphatic carbocycles. The van der Waals surface area contributed by atoms with Gasteiger partial charge in [-0.15, -0.1) is 12.4 Å². The quantitative estimate of drug-likeness (QED) is 0.708. The zero-order chi connectivity index (χ0) is 11.3. The fourth-order valence-corrected chi connectivity index (χ4v) is 3.16. The summed E-state index contributed by atoms with van der Waals surface area (Å²) < 4.78 is 27.7. The second kappa shape index (κ2) is 7.45. The molecule has 0 aromatic carbocycles. The zero-order valence-electron chi connectivity index (χ0n) is 9.68. The summed E-state index contributed by atoms with van der Waals surface area (Å²) in [4.78, 5) is 0. The maximum atomic E-state index is 11.8. The van der Waals surface area contributed by atoms with Crippen LogP contribution in [0.25, 0.3) is 0 Å². The van der Waals surface area contributed by atoms with Crippen LogP contribution in [0, 0.1) is 5.92 Å². The molecule has 1 unspecified atom stereocenters. The number of rotatable bonds is 5. The lowest BCUT2D eigenvalue weighted by Crippen LogP contribution is -2.45. The first-order chi connectivity index (χ1) is 7.06. The van der Waals surface area contributed by atoms with Crippen molar-refractivity contribution < 1.29 is 8.42 Å². The molecule has 1 saturated heterocycles. The van der Waals surface area contributed by atoms with Crippen LogP contribution in [0.1, 0.15) is 26.2 Å². The van der Waals surface area contributed by atoms with Gasteiger partial charge in [-0.05, 0) is 31.7 Å². The highest BCUT2D eigenvalue weighted by molar-refractivity contribution is 7.87. The predicted molar refractivity (Wildman–Crippen MR) is 67.8 cm³/mol. The highest BCUT2D eigenvalue weighted by Gasteiger charge is 2.26. The molecule has 1 aliphatic heterocycles. The van der Waals surface area contributed by atoms with E-state index in [1.165, 1.54) is 4.31 Å². The van der Waals surface area contributed by atoms with Crippen LogP contribution >= 0.6 is 12.4 Å². The summed E-state index contributed by atoms with van der Waals surface area (Å²) >= 11 is 0. The van der Waals surface area contributed by atoms with Gasteiger partial charge >= 0.3 is 0 Å². The molecular weight excluding hydrogens is 250 g/mol. The predicted octanol–water partition coefficient (Wildman–Crippen LogP) is 0.323. The van der Waals surface area contributed by atoms with E-state index in [1.807, 2.05) is 0 Å². The molecule has 0 radical (unpaired) electrons. The smallest absolute Gasteiger partial charge is 0.279 e. The van der Waals surface area contributed by atoms with E-state index in [4.69, 9.17) is 5.73 Å². The van der Waals surface area contributed by atoms with Gasteiger partial charge in [-0.3, -0.25) is 0 Å². The molecule has 0 aromatic rings. The Bertz CT molecular complexity index is 284. The molecule has 1 rings (SSSR count). The monoisotopic (exact) mass is 271 g/mol. The Morgan fingerprint density at radius 1 is 1.50 bits per heavy atom. The van der Waals surface area contributed by atoms with Gasteiger partial charge in [0, 0.05) is 19.6 Å². The summed E-state index contributed by atoms with van der Waals surface area (Å²) in [5.41, 5.74) is 5.31. The normalized spacial score (nSPS) is 22.8. The highest BCUT2D eigenvalue weighted by atomic mass is 35.5. The molecule has 98 valence electrons. The van der Waals surface area contributed by atoms with Crippen LogP contribution in [0.5, 0.6) is 0 Å². The molecule has 0 bridgehead atoms. The van der Waals surface area contributed by atoms with E-state index in [9.17, 15) is 8.42 Å². The average Bonchev–Trinajstić information content (AvgIpc) is 2.18. The zero-order valence-corrected chi connectivity index (χ0v) is 11.3. The third kappa shape index (κ3) is 4.97. The van der Waals surface area contributed by atoms with Gasteiger partial charge in [-0.1, -0.05) is 6.92 Å². The maximum Gasteiger partial charge on any atom is 0.279 e. The molecule has 16 heavy (non-hydrogen) atoms. The lowest BCUT2D eigenvalue weighted by atomic mass is 10.0. The molecule has 1 atom stereocenters. The van der Waals surface area contributed by atoms with Crippen molar-refractivity contribution in [3.8, 4) is 0 Å². The van der Waals surface area contributed by atoms with E-state index < -0.39 is 10.2 Å². The first kappa shape index (κ1) is 16.1. The number of nitrogens with two attached hydrogens (primary N) is 1. The second-order valence-electron chi connectivity index (χ2n) is 4.15. The molecule has 1 heterocycles. The molecule has 0 spiro atoms. The largest absolute Gasteiger partial charge is 0.330 e. The Balaban J connectivity index is 0.00000225. The third-order valence-corrected chi connectivity index (χ3v) is 4.21. The Morgan fingerprint density at radius 2 is 2.19 bits per heavy atom. The highest BCUT2D eigenvalue weighted by Crippen LogP contribution is 2.17. The van der Waals surface area contributed by atoms with Gasteiger partial charge in [-0.2, -0.15) is 12.7 Å². The van der Waals surface area contributed by atoms with Crippen LogP contribution in [0.2, 0.25) is 0 Å². The van der Waals surface area contributed by atoms with Gasteiger partial charge in [0.2, 0.25) is 0 Å². The third-order valence-electron chi connectivity index (χ3n) is 2.63. The molecule has 7 heteroatoms. The number of nitrogens with zero attached hydrogens (tertiary/aromatic N) is 1. The minimum Gasteiger partial charge on any atom is -0.330 e. The van der Waals surface area contributed by atoms with Crippen LogP contribution in [-0.2, 0) is 10.2 Å². The van der Waals surface area contributed by atoms with Crippen LogP contribution in [0.4, 0.5) is 0 Å². The Morgan fingerprint density at radius 3 is 2.75 bits per heavy atom. The van der Waals surface area contributed by atoms with Crippen molar-refractivity contribution in [2.75, 3.05) is 26.2 Å². The topological polar surface area (TPSA) is 75.4 Å². The molecule has 0 aromatic heterocycles. The van der Waals surface area contributed by atoms with Crippen LogP contribution in [0.3, 0.4) is 0 Å². The second-order valence-corrected chi connectivity index (χ2v) is 5.90. The summed E-state index contributed by atoms with van der Waals surface area (Å²) in [7, 11) is -3.26. The van der Waals surface area contributed by atoms with Crippen molar-refractivity contribution in [3.05, 3.63) is 0 Å². The number of nitrogens with one attached hydrogen (secondary N) is 1. The molecule has 5 nitrogen and oxygen atoms in total. The van der Waals surface area contributed by atoms with Gasteiger partial charge in [0.15, 0.2) is 0 Å². The minimum atomic E-state index is -3.26. The summed E-state index contributed by atoms with van der Waals surface area (Å²) in [6.45, 7) is 4.31. The average molecular weight is 272 g/mol. The molecule has 0 saturated carbocycles. The minimum absolute atomic E-state index is 0. The standard InChI is InChI=1S/C9H21N3O2S.ClH/c1-9-4-2-7-12(8-9)15(13,14)11-6-3-5-10;/h9,11H,2-8,10H2,1H3;1H. The molecular formula is C9H22ClN3O2S. The van der Waals surface area contributed by atoms with Crippen LogP contribution in [-0.4, -0.2) is 38.9 Å². The van der Waals surface area contributed by atoms with E-state index in [2.05, 4.69) is 11.6 Å². The van der Waals surface area contributed by atoms with Gasteiger partial charge < -0.3 is 5.73 Å². The first-order valence-electron chi connectivity index (χ1n) is 5.51. The van der Waals surface area contributed by atoms with Crippen LogP contribution < -0.4 is 10.5 Å². The molecule has 1 aliphatic rings. The summed E-state index contributed by atoms with van der Waals surface area (Å²) in [5, 5.41) is 0. The van der Waals surface area contributed by atoms with Crippen LogP contribution in [0.15, 0.2) is 0 Å². The molecule has 3 N–H and O–H groups in total. The summed E-state index contributed by atoms with van der Waals surface area (Å²) in [6, 6.07) is 0. The lowest BCUT2D eigenvalue weighted by Gasteiger charge is -2.29. The SMILES string of the molecule is CC1CCCN(S(=O)(=O)NCCCN)C1.Cl. The maximum absolute atomic E-state index is 11.8. The van der Waals surface area contributed by atoms with Crippen molar-refractivity contribution in [2.24, 2.45) is 11.7 Å².